The fraction of sp³-hybridized carbons (Fsp3) is 0. The van der Waals surface area contributed by atoms with Gasteiger partial charge in [-0.2, -0.15) is 5.26 Å². The van der Waals surface area contributed by atoms with Gasteiger partial charge >= 0.3 is 0 Å². The third kappa shape index (κ3) is 2.02. The van der Waals surface area contributed by atoms with Gasteiger partial charge in [-0.3, -0.25) is 4.98 Å². The maximum atomic E-state index is 9.26. The standard InChI is InChI=1S/C16H12N4/c17-9-11-10-19-16-13(7-4-8-14(16)18)15(11)20-12-5-2-1-3-6-12/h1-8,10H,18H2,(H,19,20). The van der Waals surface area contributed by atoms with Gasteiger partial charge in [0.15, 0.2) is 0 Å². The number of fused-ring (bicyclic) bond motifs is 1. The van der Waals surface area contributed by atoms with Crippen LogP contribution in [0.15, 0.2) is 54.7 Å². The zero-order chi connectivity index (χ0) is 13.9. The van der Waals surface area contributed by atoms with Crippen LogP contribution in [0.5, 0.6) is 0 Å². The Morgan fingerprint density at radius 3 is 2.60 bits per heavy atom. The summed E-state index contributed by atoms with van der Waals surface area (Å²) < 4.78 is 0. The number of hydrogen-bond acceptors (Lipinski definition) is 4. The molecule has 3 rings (SSSR count). The molecule has 3 N–H and O–H groups in total. The molecule has 0 radical (unpaired) electrons. The molecule has 0 saturated carbocycles. The number of nitrogens with zero attached hydrogens (tertiary/aromatic N) is 2. The highest BCUT2D eigenvalue weighted by atomic mass is 14.9. The lowest BCUT2D eigenvalue weighted by atomic mass is 10.1. The summed E-state index contributed by atoms with van der Waals surface area (Å²) in [5.41, 5.74) is 9.38. The van der Waals surface area contributed by atoms with Gasteiger partial charge in [-0.25, -0.2) is 0 Å². The summed E-state index contributed by atoms with van der Waals surface area (Å²) in [5, 5.41) is 13.4. The van der Waals surface area contributed by atoms with E-state index in [1.807, 2.05) is 42.5 Å². The molecular weight excluding hydrogens is 248 g/mol. The smallest absolute Gasteiger partial charge is 0.103 e. The number of nitriles is 1. The minimum atomic E-state index is 0.493. The highest BCUT2D eigenvalue weighted by Crippen LogP contribution is 2.30. The molecule has 2 aromatic carbocycles. The fourth-order valence-electron chi connectivity index (χ4n) is 2.13. The van der Waals surface area contributed by atoms with Gasteiger partial charge in [-0.15, -0.1) is 0 Å². The van der Waals surface area contributed by atoms with Crippen molar-refractivity contribution in [2.24, 2.45) is 0 Å². The molecule has 0 spiro atoms. The van der Waals surface area contributed by atoms with Crippen molar-refractivity contribution in [2.75, 3.05) is 11.1 Å². The highest BCUT2D eigenvalue weighted by Gasteiger charge is 2.10. The van der Waals surface area contributed by atoms with Crippen molar-refractivity contribution in [3.63, 3.8) is 0 Å². The van der Waals surface area contributed by atoms with Gasteiger partial charge in [-0.1, -0.05) is 30.3 Å². The van der Waals surface area contributed by atoms with Crippen LogP contribution in [-0.4, -0.2) is 4.98 Å². The average Bonchev–Trinajstić information content (AvgIpc) is 2.49. The van der Waals surface area contributed by atoms with E-state index in [9.17, 15) is 5.26 Å². The summed E-state index contributed by atoms with van der Waals surface area (Å²) in [6.07, 6.45) is 1.55. The normalized spacial score (nSPS) is 10.2. The number of anilines is 3. The van der Waals surface area contributed by atoms with Crippen molar-refractivity contribution in [2.45, 2.75) is 0 Å². The molecule has 0 atom stereocenters. The number of aromatic nitrogens is 1. The first-order valence-electron chi connectivity index (χ1n) is 6.19. The van der Waals surface area contributed by atoms with Crippen LogP contribution in [0.1, 0.15) is 5.56 Å². The van der Waals surface area contributed by atoms with E-state index in [4.69, 9.17) is 5.73 Å². The second kappa shape index (κ2) is 4.90. The van der Waals surface area contributed by atoms with Crippen molar-refractivity contribution < 1.29 is 0 Å². The second-order valence-electron chi connectivity index (χ2n) is 4.39. The molecule has 0 fully saturated rings. The van der Waals surface area contributed by atoms with Gasteiger partial charge in [0.25, 0.3) is 0 Å². The van der Waals surface area contributed by atoms with Crippen molar-refractivity contribution >= 4 is 28.0 Å². The lowest BCUT2D eigenvalue weighted by Crippen LogP contribution is -1.98. The molecule has 0 aliphatic rings. The zero-order valence-electron chi connectivity index (χ0n) is 10.7. The second-order valence-corrected chi connectivity index (χ2v) is 4.39. The van der Waals surface area contributed by atoms with Crippen LogP contribution in [0.25, 0.3) is 10.9 Å². The van der Waals surface area contributed by atoms with Gasteiger partial charge in [0.2, 0.25) is 0 Å². The van der Waals surface area contributed by atoms with Crippen LogP contribution < -0.4 is 11.1 Å². The Morgan fingerprint density at radius 2 is 1.85 bits per heavy atom. The third-order valence-electron chi connectivity index (χ3n) is 3.09. The molecule has 1 aromatic heterocycles. The first-order valence-corrected chi connectivity index (χ1v) is 6.19. The van der Waals surface area contributed by atoms with Crippen LogP contribution in [0.2, 0.25) is 0 Å². The van der Waals surface area contributed by atoms with E-state index in [0.717, 1.165) is 16.8 Å². The third-order valence-corrected chi connectivity index (χ3v) is 3.09. The molecule has 0 amide bonds. The Balaban J connectivity index is 2.22. The number of nitrogens with one attached hydrogen (secondary N) is 1. The Morgan fingerprint density at radius 1 is 1.05 bits per heavy atom. The average molecular weight is 260 g/mol. The summed E-state index contributed by atoms with van der Waals surface area (Å²) in [5.74, 6) is 0. The Bertz CT molecular complexity index is 804. The van der Waals surface area contributed by atoms with Crippen LogP contribution in [0, 0.1) is 11.3 Å². The number of pyridine rings is 1. The van der Waals surface area contributed by atoms with Crippen LogP contribution >= 0.6 is 0 Å². The molecule has 4 heteroatoms. The van der Waals surface area contributed by atoms with Gasteiger partial charge in [0.05, 0.1) is 22.5 Å². The zero-order valence-corrected chi connectivity index (χ0v) is 10.7. The summed E-state index contributed by atoms with van der Waals surface area (Å²) in [4.78, 5) is 4.27. The van der Waals surface area contributed by atoms with Gasteiger partial charge in [0.1, 0.15) is 6.07 Å². The van der Waals surface area contributed by atoms with Crippen molar-refractivity contribution in [1.29, 1.82) is 5.26 Å². The van der Waals surface area contributed by atoms with E-state index >= 15 is 0 Å². The molecule has 96 valence electrons. The number of nitrogens with two attached hydrogens (primary N) is 1. The number of rotatable bonds is 2. The molecule has 1 heterocycles. The molecule has 0 bridgehead atoms. The molecule has 20 heavy (non-hydrogen) atoms. The molecule has 0 aliphatic heterocycles. The Hall–Kier alpha value is -3.06. The lowest BCUT2D eigenvalue weighted by Gasteiger charge is -2.12. The predicted molar refractivity (Wildman–Crippen MR) is 80.6 cm³/mol. The van der Waals surface area contributed by atoms with Crippen molar-refractivity contribution in [3.8, 4) is 6.07 Å². The van der Waals surface area contributed by atoms with Crippen LogP contribution in [-0.2, 0) is 0 Å². The quantitative estimate of drug-likeness (QED) is 0.692. The molecular formula is C16H12N4. The maximum absolute atomic E-state index is 9.26. The van der Waals surface area contributed by atoms with E-state index in [1.165, 1.54) is 0 Å². The van der Waals surface area contributed by atoms with E-state index < -0.39 is 0 Å². The van der Waals surface area contributed by atoms with Crippen molar-refractivity contribution in [1.82, 2.24) is 4.98 Å². The first-order chi connectivity index (χ1) is 9.79. The topological polar surface area (TPSA) is 74.7 Å². The fourth-order valence-corrected chi connectivity index (χ4v) is 2.13. The minimum absolute atomic E-state index is 0.493. The molecule has 0 aliphatic carbocycles. The Kier molecular flexibility index (Phi) is 2.94. The van der Waals surface area contributed by atoms with Crippen LogP contribution in [0.4, 0.5) is 17.1 Å². The maximum Gasteiger partial charge on any atom is 0.103 e. The Labute approximate surface area is 116 Å². The number of hydrogen-bond donors (Lipinski definition) is 2. The van der Waals surface area contributed by atoms with Crippen molar-refractivity contribution in [3.05, 3.63) is 60.3 Å². The van der Waals surface area contributed by atoms with E-state index in [-0.39, 0.29) is 0 Å². The SMILES string of the molecule is N#Cc1cnc2c(N)cccc2c1Nc1ccccc1. The largest absolute Gasteiger partial charge is 0.397 e. The molecule has 3 aromatic rings. The summed E-state index contributed by atoms with van der Waals surface area (Å²) in [7, 11) is 0. The van der Waals surface area contributed by atoms with Crippen LogP contribution in [0.3, 0.4) is 0 Å². The summed E-state index contributed by atoms with van der Waals surface area (Å²) in [6.45, 7) is 0. The van der Waals surface area contributed by atoms with E-state index in [2.05, 4.69) is 16.4 Å². The lowest BCUT2D eigenvalue weighted by molar-refractivity contribution is 1.36. The first kappa shape index (κ1) is 12.0. The highest BCUT2D eigenvalue weighted by molar-refractivity contribution is 6.00. The van der Waals surface area contributed by atoms with Gasteiger partial charge in [-0.05, 0) is 18.2 Å². The van der Waals surface area contributed by atoms with E-state index in [0.29, 0.717) is 16.8 Å². The van der Waals surface area contributed by atoms with Gasteiger partial charge < -0.3 is 11.1 Å². The summed E-state index contributed by atoms with van der Waals surface area (Å²) >= 11 is 0. The predicted octanol–water partition coefficient (Wildman–Crippen LogP) is 3.43. The van der Waals surface area contributed by atoms with E-state index in [1.54, 1.807) is 12.3 Å². The van der Waals surface area contributed by atoms with Gasteiger partial charge in [0, 0.05) is 17.3 Å². The number of para-hydroxylation sites is 2. The monoisotopic (exact) mass is 260 g/mol. The minimum Gasteiger partial charge on any atom is -0.397 e. The molecule has 4 nitrogen and oxygen atoms in total. The molecule has 0 unspecified atom stereocenters. The number of nitrogen functional groups attached to an aromatic ring is 1. The molecule has 0 saturated heterocycles. The summed E-state index contributed by atoms with van der Waals surface area (Å²) in [6, 6.07) is 17.4. The number of benzene rings is 2.